The van der Waals surface area contributed by atoms with Gasteiger partial charge in [-0.2, -0.15) is 0 Å². The van der Waals surface area contributed by atoms with Crippen molar-refractivity contribution in [1.29, 1.82) is 0 Å². The first-order valence-corrected chi connectivity index (χ1v) is 7.42. The van der Waals surface area contributed by atoms with Gasteiger partial charge in [0.15, 0.2) is 0 Å². The third kappa shape index (κ3) is 5.08. The highest BCUT2D eigenvalue weighted by Crippen LogP contribution is 2.37. The summed E-state index contributed by atoms with van der Waals surface area (Å²) in [5.41, 5.74) is 0.208. The zero-order valence-electron chi connectivity index (χ0n) is 8.09. The molecular weight excluding hydrogens is 313 g/mol. The summed E-state index contributed by atoms with van der Waals surface area (Å²) < 4.78 is 30.1. The fourth-order valence-corrected chi connectivity index (χ4v) is 2.14. The van der Waals surface area contributed by atoms with Gasteiger partial charge in [0.25, 0.3) is 0 Å². The van der Waals surface area contributed by atoms with E-state index in [0.717, 1.165) is 0 Å². The molecule has 0 aliphatic rings. The van der Waals surface area contributed by atoms with Crippen LogP contribution >= 0.6 is 39.7 Å². The van der Waals surface area contributed by atoms with Crippen molar-refractivity contribution >= 4 is 39.7 Å². The molecule has 0 fully saturated rings. The van der Waals surface area contributed by atoms with Gasteiger partial charge < -0.3 is 9.79 Å². The van der Waals surface area contributed by atoms with Gasteiger partial charge >= 0.3 is 16.5 Å². The van der Waals surface area contributed by atoms with Crippen LogP contribution in [0.3, 0.4) is 0 Å². The lowest BCUT2D eigenvalue weighted by Gasteiger charge is -2.15. The molecule has 17 heavy (non-hydrogen) atoms. The van der Waals surface area contributed by atoms with Crippen molar-refractivity contribution in [2.45, 2.75) is 6.29 Å². The van der Waals surface area contributed by atoms with E-state index in [1.165, 1.54) is 18.2 Å². The Morgan fingerprint density at radius 3 is 2.00 bits per heavy atom. The van der Waals surface area contributed by atoms with Crippen molar-refractivity contribution in [3.63, 3.8) is 0 Å². The first kappa shape index (κ1) is 15.2. The summed E-state index contributed by atoms with van der Waals surface area (Å²) in [5, 5.41) is 0.430. The molecule has 96 valence electrons. The summed E-state index contributed by atoms with van der Waals surface area (Å²) >= 11 is 11.4. The van der Waals surface area contributed by atoms with E-state index in [-0.39, 0.29) is 15.6 Å². The molecule has 0 radical (unpaired) electrons. The molecule has 0 aliphatic carbocycles. The minimum Gasteiger partial charge on any atom is -0.326 e. The third-order valence-corrected chi connectivity index (χ3v) is 3.20. The second-order valence-electron chi connectivity index (χ2n) is 2.77. The predicted octanol–water partition coefficient (Wildman–Crippen LogP) is 2.79. The second kappa shape index (κ2) is 6.88. The zero-order valence-corrected chi connectivity index (χ0v) is 11.6. The smallest absolute Gasteiger partial charge is 0.319 e. The van der Waals surface area contributed by atoms with E-state index in [1.807, 2.05) is 0 Å². The fourth-order valence-electron chi connectivity index (χ4n) is 1.00. The summed E-state index contributed by atoms with van der Waals surface area (Å²) in [6.45, 7) is 0. The highest BCUT2D eigenvalue weighted by atomic mass is 35.5. The Morgan fingerprint density at radius 1 is 1.06 bits per heavy atom. The first-order chi connectivity index (χ1) is 7.90. The van der Waals surface area contributed by atoms with E-state index in [1.54, 1.807) is 0 Å². The zero-order chi connectivity index (χ0) is 13.0. The molecule has 0 aromatic heterocycles. The van der Waals surface area contributed by atoms with Gasteiger partial charge in [-0.1, -0.05) is 29.3 Å². The molecule has 0 heterocycles. The normalized spacial score (nSPS) is 16.5. The molecule has 1 aromatic carbocycles. The molecule has 1 aromatic rings. The van der Waals surface area contributed by atoms with Crippen LogP contribution in [0.5, 0.6) is 0 Å². The summed E-state index contributed by atoms with van der Waals surface area (Å²) in [6, 6.07) is 4.11. The standard InChI is InChI=1S/C7H8Cl2O6P2/c8-5-2-1-4(3-6(5)9)7(14-16(10)11)15-17(12)13/h1-3,7,16-17H,(H,10,11)(H,12,13). The number of hydrogen-bond donors (Lipinski definition) is 2. The maximum absolute atomic E-state index is 10.6. The van der Waals surface area contributed by atoms with Gasteiger partial charge in [0, 0.05) is 5.56 Å². The highest BCUT2D eigenvalue weighted by Gasteiger charge is 2.18. The Hall–Kier alpha value is 0.1000. The molecule has 6 nitrogen and oxygen atoms in total. The molecule has 10 heteroatoms. The predicted molar refractivity (Wildman–Crippen MR) is 63.8 cm³/mol. The SMILES string of the molecule is O=[PH](O)OC(O[PH](=O)O)c1ccc(Cl)c(Cl)c1. The summed E-state index contributed by atoms with van der Waals surface area (Å²) in [7, 11) is -6.67. The topological polar surface area (TPSA) is 93.1 Å². The third-order valence-electron chi connectivity index (χ3n) is 1.63. The maximum Gasteiger partial charge on any atom is 0.319 e. The second-order valence-corrected chi connectivity index (χ2v) is 5.12. The Bertz CT molecular complexity index is 438. The van der Waals surface area contributed by atoms with Crippen LogP contribution in [0, 0.1) is 0 Å². The van der Waals surface area contributed by atoms with E-state index in [9.17, 15) is 9.13 Å². The van der Waals surface area contributed by atoms with E-state index < -0.39 is 22.8 Å². The number of hydrogen-bond acceptors (Lipinski definition) is 4. The molecule has 2 N–H and O–H groups in total. The van der Waals surface area contributed by atoms with Crippen LogP contribution in [0.4, 0.5) is 0 Å². The molecular formula is C7H8Cl2O6P2. The van der Waals surface area contributed by atoms with Crippen molar-refractivity contribution < 1.29 is 28.0 Å². The van der Waals surface area contributed by atoms with E-state index >= 15 is 0 Å². The average Bonchev–Trinajstić information content (AvgIpc) is 2.19. The average molecular weight is 321 g/mol. The Kier molecular flexibility index (Phi) is 6.13. The van der Waals surface area contributed by atoms with E-state index in [4.69, 9.17) is 33.0 Å². The maximum atomic E-state index is 10.6. The minimum atomic E-state index is -3.33. The van der Waals surface area contributed by atoms with Gasteiger partial charge in [-0.25, -0.2) is 0 Å². The molecule has 0 amide bonds. The molecule has 2 atom stereocenters. The molecule has 1 rings (SSSR count). The lowest BCUT2D eigenvalue weighted by Crippen LogP contribution is -2.01. The number of halogens is 2. The molecule has 0 bridgehead atoms. The summed E-state index contributed by atoms with van der Waals surface area (Å²) in [5.74, 6) is 0. The fraction of sp³-hybridized carbons (Fsp3) is 0.143. The quantitative estimate of drug-likeness (QED) is 0.640. The molecule has 2 unspecified atom stereocenters. The largest absolute Gasteiger partial charge is 0.326 e. The van der Waals surface area contributed by atoms with Gasteiger partial charge in [-0.3, -0.25) is 18.2 Å². The van der Waals surface area contributed by atoms with Crippen LogP contribution in [0.15, 0.2) is 18.2 Å². The van der Waals surface area contributed by atoms with Crippen molar-refractivity contribution in [3.05, 3.63) is 33.8 Å². The molecule has 0 saturated heterocycles. The molecule has 0 saturated carbocycles. The molecule has 0 spiro atoms. The van der Waals surface area contributed by atoms with Gasteiger partial charge in [-0.05, 0) is 12.1 Å². The van der Waals surface area contributed by atoms with Crippen LogP contribution in [-0.4, -0.2) is 9.79 Å². The summed E-state index contributed by atoms with van der Waals surface area (Å²) in [4.78, 5) is 17.3. The highest BCUT2D eigenvalue weighted by molar-refractivity contribution is 7.32. The van der Waals surface area contributed by atoms with Crippen LogP contribution in [0.25, 0.3) is 0 Å². The van der Waals surface area contributed by atoms with Crippen molar-refractivity contribution in [3.8, 4) is 0 Å². The van der Waals surface area contributed by atoms with Crippen molar-refractivity contribution in [2.24, 2.45) is 0 Å². The van der Waals surface area contributed by atoms with Gasteiger partial charge in [0.05, 0.1) is 10.0 Å². The number of benzene rings is 1. The van der Waals surface area contributed by atoms with Crippen molar-refractivity contribution in [2.75, 3.05) is 0 Å². The summed E-state index contributed by atoms with van der Waals surface area (Å²) in [6.07, 6.45) is -1.45. The van der Waals surface area contributed by atoms with Gasteiger partial charge in [0.2, 0.25) is 6.29 Å². The van der Waals surface area contributed by atoms with Gasteiger partial charge in [0.1, 0.15) is 0 Å². The lowest BCUT2D eigenvalue weighted by molar-refractivity contribution is 0.000539. The lowest BCUT2D eigenvalue weighted by atomic mass is 10.2. The van der Waals surface area contributed by atoms with Gasteiger partial charge in [-0.15, -0.1) is 0 Å². The van der Waals surface area contributed by atoms with E-state index in [2.05, 4.69) is 9.05 Å². The monoisotopic (exact) mass is 320 g/mol. The minimum absolute atomic E-state index is 0.164. The van der Waals surface area contributed by atoms with Crippen molar-refractivity contribution in [1.82, 2.24) is 0 Å². The Morgan fingerprint density at radius 2 is 1.59 bits per heavy atom. The van der Waals surface area contributed by atoms with Crippen LogP contribution in [0.2, 0.25) is 10.0 Å². The van der Waals surface area contributed by atoms with Crippen LogP contribution in [-0.2, 0) is 18.2 Å². The Balaban J connectivity index is 2.98. The van der Waals surface area contributed by atoms with Crippen LogP contribution < -0.4 is 0 Å². The van der Waals surface area contributed by atoms with E-state index in [0.29, 0.717) is 0 Å². The first-order valence-electron chi connectivity index (χ1n) is 4.14. The number of rotatable bonds is 5. The molecule has 0 aliphatic heterocycles. The Labute approximate surface area is 108 Å². The van der Waals surface area contributed by atoms with Crippen LogP contribution in [0.1, 0.15) is 11.9 Å².